The molecule has 0 radical (unpaired) electrons. The molecule has 1 aliphatic heterocycles. The summed E-state index contributed by atoms with van der Waals surface area (Å²) in [6.45, 7) is 9.46. The minimum absolute atomic E-state index is 0.0419. The average molecular weight is 329 g/mol. The molecule has 128 valence electrons. The van der Waals surface area contributed by atoms with Crippen LogP contribution in [0.25, 0.3) is 5.69 Å². The molecule has 7 nitrogen and oxygen atoms in total. The number of benzene rings is 1. The van der Waals surface area contributed by atoms with Crippen LogP contribution in [0, 0.1) is 6.92 Å². The van der Waals surface area contributed by atoms with Crippen molar-refractivity contribution in [3.05, 3.63) is 29.8 Å². The molecule has 1 N–H and O–H groups in total. The van der Waals surface area contributed by atoms with Gasteiger partial charge in [0.15, 0.2) is 5.82 Å². The molecule has 0 saturated heterocycles. The van der Waals surface area contributed by atoms with E-state index in [9.17, 15) is 4.79 Å². The zero-order valence-electron chi connectivity index (χ0n) is 14.9. The number of hydrogen-bond acceptors (Lipinski definition) is 5. The topological polar surface area (TPSA) is 72.3 Å². The number of rotatable bonds is 1. The minimum Gasteiger partial charge on any atom is -0.444 e. The summed E-state index contributed by atoms with van der Waals surface area (Å²) in [6, 6.07) is 5.76. The summed E-state index contributed by atoms with van der Waals surface area (Å²) in [5.41, 5.74) is 1.93. The Labute approximate surface area is 141 Å². The van der Waals surface area contributed by atoms with Gasteiger partial charge in [-0.25, -0.2) is 14.5 Å². The molecule has 3 rings (SSSR count). The quantitative estimate of drug-likeness (QED) is 0.868. The van der Waals surface area contributed by atoms with E-state index < -0.39 is 11.7 Å². The van der Waals surface area contributed by atoms with E-state index in [4.69, 9.17) is 4.74 Å². The summed E-state index contributed by atoms with van der Waals surface area (Å²) in [5, 5.41) is 7.34. The van der Waals surface area contributed by atoms with E-state index >= 15 is 0 Å². The lowest BCUT2D eigenvalue weighted by Gasteiger charge is -2.34. The number of carbonyl (C=O) groups is 1. The molecular formula is C17H23N5O2. The maximum Gasteiger partial charge on any atom is 0.412 e. The number of nitrogens with zero attached hydrogens (tertiary/aromatic N) is 4. The van der Waals surface area contributed by atoms with Gasteiger partial charge in [0.2, 0.25) is 0 Å². The molecule has 2 aromatic rings. The Morgan fingerprint density at radius 2 is 2.04 bits per heavy atom. The highest BCUT2D eigenvalue weighted by atomic mass is 16.6. The average Bonchev–Trinajstić information content (AvgIpc) is 2.84. The van der Waals surface area contributed by atoms with Crippen LogP contribution in [0.1, 0.15) is 45.4 Å². The van der Waals surface area contributed by atoms with Crippen molar-refractivity contribution in [1.82, 2.24) is 14.8 Å². The predicted molar refractivity (Wildman–Crippen MR) is 92.8 cm³/mol. The van der Waals surface area contributed by atoms with Gasteiger partial charge in [-0.15, -0.1) is 0 Å². The molecule has 2 heterocycles. The number of fused-ring (bicyclic) bond motifs is 3. The Kier molecular flexibility index (Phi) is 3.74. The molecule has 1 atom stereocenters. The van der Waals surface area contributed by atoms with Crippen LogP contribution in [0.2, 0.25) is 0 Å². The fraction of sp³-hybridized carbons (Fsp3) is 0.471. The Morgan fingerprint density at radius 1 is 1.33 bits per heavy atom. The number of amides is 1. The van der Waals surface area contributed by atoms with E-state index in [2.05, 4.69) is 27.2 Å². The van der Waals surface area contributed by atoms with Crippen LogP contribution in [0.3, 0.4) is 0 Å². The van der Waals surface area contributed by atoms with Gasteiger partial charge in [-0.05, 0) is 46.8 Å². The van der Waals surface area contributed by atoms with Crippen molar-refractivity contribution in [3.8, 4) is 5.69 Å². The van der Waals surface area contributed by atoms with Crippen LogP contribution < -0.4 is 10.2 Å². The van der Waals surface area contributed by atoms with E-state index in [1.165, 1.54) is 0 Å². The number of hydrogen-bond donors (Lipinski definition) is 1. The molecule has 0 spiro atoms. The highest BCUT2D eigenvalue weighted by Gasteiger charge is 2.31. The van der Waals surface area contributed by atoms with Gasteiger partial charge >= 0.3 is 6.09 Å². The second-order valence-corrected chi connectivity index (χ2v) is 7.02. The number of carbonyl (C=O) groups excluding carboxylic acids is 1. The minimum atomic E-state index is -0.547. The van der Waals surface area contributed by atoms with Gasteiger partial charge in [-0.3, -0.25) is 5.32 Å². The number of aromatic nitrogens is 3. The molecule has 0 aliphatic carbocycles. The Balaban J connectivity index is 2.03. The standard InChI is InChI=1S/C17H23N5O2/c1-10-15-18-11(2)20-22(15)13-9-7-8-12(14(13)21(10)6)19-16(23)24-17(3,4)5/h7-10H,1-6H3,(H,19,23). The molecule has 1 amide bonds. The second-order valence-electron chi connectivity index (χ2n) is 7.02. The first kappa shape index (κ1) is 16.3. The van der Waals surface area contributed by atoms with Crippen LogP contribution in [0.4, 0.5) is 16.2 Å². The molecule has 0 bridgehead atoms. The molecule has 1 unspecified atom stereocenters. The number of aryl methyl sites for hydroxylation is 1. The third-order valence-corrected chi connectivity index (χ3v) is 3.92. The normalized spacial score (nSPS) is 16.4. The molecule has 1 aromatic carbocycles. The van der Waals surface area contributed by atoms with E-state index in [1.807, 2.05) is 57.6 Å². The van der Waals surface area contributed by atoms with E-state index in [-0.39, 0.29) is 6.04 Å². The van der Waals surface area contributed by atoms with Crippen molar-refractivity contribution in [2.24, 2.45) is 0 Å². The molecule has 0 saturated carbocycles. The summed E-state index contributed by atoms with van der Waals surface area (Å²) < 4.78 is 7.21. The molecule has 1 aliphatic rings. The van der Waals surface area contributed by atoms with Gasteiger partial charge < -0.3 is 9.64 Å². The van der Waals surface area contributed by atoms with E-state index in [0.717, 1.165) is 23.0 Å². The third kappa shape index (κ3) is 2.81. The molecule has 1 aromatic heterocycles. The number of nitrogens with one attached hydrogen (secondary N) is 1. The summed E-state index contributed by atoms with van der Waals surface area (Å²) >= 11 is 0. The van der Waals surface area contributed by atoms with Crippen molar-refractivity contribution in [2.45, 2.75) is 46.3 Å². The van der Waals surface area contributed by atoms with Crippen LogP contribution >= 0.6 is 0 Å². The largest absolute Gasteiger partial charge is 0.444 e. The van der Waals surface area contributed by atoms with Gasteiger partial charge in [0.1, 0.15) is 11.4 Å². The van der Waals surface area contributed by atoms with Crippen LogP contribution in [-0.2, 0) is 4.74 Å². The molecule has 24 heavy (non-hydrogen) atoms. The first-order valence-corrected chi connectivity index (χ1v) is 7.97. The van der Waals surface area contributed by atoms with Gasteiger partial charge in [0, 0.05) is 7.05 Å². The fourth-order valence-electron chi connectivity index (χ4n) is 2.83. The first-order chi connectivity index (χ1) is 11.2. The van der Waals surface area contributed by atoms with Crippen molar-refractivity contribution < 1.29 is 9.53 Å². The zero-order valence-corrected chi connectivity index (χ0v) is 14.9. The zero-order chi connectivity index (χ0) is 17.6. The SMILES string of the molecule is Cc1nc2n(n1)-c1cccc(NC(=O)OC(C)(C)C)c1N(C)C2C. The summed E-state index contributed by atoms with van der Waals surface area (Å²) in [7, 11) is 1.98. The summed E-state index contributed by atoms with van der Waals surface area (Å²) in [4.78, 5) is 18.8. The lowest BCUT2D eigenvalue weighted by molar-refractivity contribution is 0.0636. The first-order valence-electron chi connectivity index (χ1n) is 7.97. The van der Waals surface area contributed by atoms with Crippen molar-refractivity contribution >= 4 is 17.5 Å². The van der Waals surface area contributed by atoms with Gasteiger partial charge in [0.05, 0.1) is 23.1 Å². The number of ether oxygens (including phenoxy) is 1. The van der Waals surface area contributed by atoms with Gasteiger partial charge in [-0.1, -0.05) is 6.07 Å². The van der Waals surface area contributed by atoms with E-state index in [1.54, 1.807) is 0 Å². The molecule has 7 heteroatoms. The van der Waals surface area contributed by atoms with Crippen LogP contribution in [0.5, 0.6) is 0 Å². The van der Waals surface area contributed by atoms with Gasteiger partial charge in [-0.2, -0.15) is 5.10 Å². The number of para-hydroxylation sites is 1. The van der Waals surface area contributed by atoms with Crippen molar-refractivity contribution in [1.29, 1.82) is 0 Å². The maximum absolute atomic E-state index is 12.2. The second kappa shape index (κ2) is 5.51. The van der Waals surface area contributed by atoms with Gasteiger partial charge in [0.25, 0.3) is 0 Å². The number of anilines is 2. The van der Waals surface area contributed by atoms with E-state index in [0.29, 0.717) is 5.69 Å². The lowest BCUT2D eigenvalue weighted by atomic mass is 10.1. The van der Waals surface area contributed by atoms with Crippen LogP contribution in [0.15, 0.2) is 18.2 Å². The monoisotopic (exact) mass is 329 g/mol. The molecular weight excluding hydrogens is 306 g/mol. The Hall–Kier alpha value is -2.57. The maximum atomic E-state index is 12.2. The van der Waals surface area contributed by atoms with Crippen molar-refractivity contribution in [3.63, 3.8) is 0 Å². The third-order valence-electron chi connectivity index (χ3n) is 3.92. The Morgan fingerprint density at radius 3 is 2.71 bits per heavy atom. The summed E-state index contributed by atoms with van der Waals surface area (Å²) in [6.07, 6.45) is -0.475. The Bertz CT molecular complexity index is 791. The van der Waals surface area contributed by atoms with Crippen molar-refractivity contribution in [2.75, 3.05) is 17.3 Å². The molecule has 0 fully saturated rings. The lowest BCUT2D eigenvalue weighted by Crippen LogP contribution is -2.32. The highest BCUT2D eigenvalue weighted by molar-refractivity contribution is 5.93. The van der Waals surface area contributed by atoms with Crippen LogP contribution in [-0.4, -0.2) is 33.5 Å². The smallest absolute Gasteiger partial charge is 0.412 e. The predicted octanol–water partition coefficient (Wildman–Crippen LogP) is 3.43. The summed E-state index contributed by atoms with van der Waals surface area (Å²) in [5.74, 6) is 1.61. The highest BCUT2D eigenvalue weighted by Crippen LogP contribution is 2.41. The fourth-order valence-corrected chi connectivity index (χ4v) is 2.83.